The molecule has 2 aromatic carbocycles. The van der Waals surface area contributed by atoms with Gasteiger partial charge in [0.15, 0.2) is 11.6 Å². The molecule has 0 saturated heterocycles. The number of halogens is 2. The molecule has 0 spiro atoms. The zero-order valence-corrected chi connectivity index (χ0v) is 11.2. The first-order valence-electron chi connectivity index (χ1n) is 5.46. The normalized spacial score (nSPS) is 11.2. The highest BCUT2D eigenvalue weighted by Crippen LogP contribution is 2.23. The van der Waals surface area contributed by atoms with Gasteiger partial charge in [-0.1, -0.05) is 6.07 Å². The van der Waals surface area contributed by atoms with Gasteiger partial charge in [-0.2, -0.15) is 8.42 Å². The van der Waals surface area contributed by atoms with Crippen molar-refractivity contribution in [3.8, 4) is 11.5 Å². The van der Waals surface area contributed by atoms with Crippen molar-refractivity contribution in [3.05, 3.63) is 54.1 Å². The first-order chi connectivity index (χ1) is 9.42. The topological polar surface area (TPSA) is 52.6 Å². The zero-order valence-electron chi connectivity index (χ0n) is 10.3. The van der Waals surface area contributed by atoms with Crippen LogP contribution in [0, 0.1) is 11.6 Å². The lowest BCUT2D eigenvalue weighted by Gasteiger charge is -2.08. The van der Waals surface area contributed by atoms with Crippen molar-refractivity contribution >= 4 is 10.1 Å². The summed E-state index contributed by atoms with van der Waals surface area (Å²) in [4.78, 5) is -0.473. The number of ether oxygens (including phenoxy) is 1. The van der Waals surface area contributed by atoms with E-state index in [2.05, 4.69) is 0 Å². The molecular weight excluding hydrogens is 290 g/mol. The van der Waals surface area contributed by atoms with Crippen LogP contribution in [0.2, 0.25) is 0 Å². The Morgan fingerprint density at radius 1 is 0.950 bits per heavy atom. The molecule has 0 atom stereocenters. The highest BCUT2D eigenvalue weighted by atomic mass is 32.2. The van der Waals surface area contributed by atoms with Gasteiger partial charge in [-0.05, 0) is 30.3 Å². The lowest BCUT2D eigenvalue weighted by atomic mass is 10.3. The van der Waals surface area contributed by atoms with Crippen molar-refractivity contribution in [1.29, 1.82) is 0 Å². The van der Waals surface area contributed by atoms with E-state index < -0.39 is 26.6 Å². The molecule has 106 valence electrons. The van der Waals surface area contributed by atoms with Crippen molar-refractivity contribution in [2.75, 3.05) is 7.11 Å². The Morgan fingerprint density at radius 3 is 2.30 bits per heavy atom. The van der Waals surface area contributed by atoms with Crippen LogP contribution in [-0.4, -0.2) is 15.5 Å². The fourth-order valence-electron chi connectivity index (χ4n) is 1.46. The summed E-state index contributed by atoms with van der Waals surface area (Å²) in [5.74, 6) is -1.98. The Bertz CT molecular complexity index is 729. The summed E-state index contributed by atoms with van der Waals surface area (Å²) in [5, 5.41) is 0. The Balaban J connectivity index is 2.32. The summed E-state index contributed by atoms with van der Waals surface area (Å²) < 4.78 is 59.4. The predicted molar refractivity (Wildman–Crippen MR) is 67.2 cm³/mol. The predicted octanol–water partition coefficient (Wildman–Crippen LogP) is 2.74. The third-order valence-corrected chi connectivity index (χ3v) is 3.67. The van der Waals surface area contributed by atoms with Gasteiger partial charge in [-0.3, -0.25) is 0 Å². The molecule has 0 aromatic heterocycles. The van der Waals surface area contributed by atoms with Gasteiger partial charge in [0.25, 0.3) is 0 Å². The highest BCUT2D eigenvalue weighted by molar-refractivity contribution is 7.87. The molecule has 0 N–H and O–H groups in total. The molecule has 0 unspecified atom stereocenters. The van der Waals surface area contributed by atoms with E-state index in [1.807, 2.05) is 0 Å². The van der Waals surface area contributed by atoms with E-state index in [-0.39, 0.29) is 5.75 Å². The van der Waals surface area contributed by atoms with Crippen LogP contribution in [0.25, 0.3) is 0 Å². The molecule has 0 radical (unpaired) electrons. The third kappa shape index (κ3) is 3.05. The lowest BCUT2D eigenvalue weighted by Crippen LogP contribution is -2.10. The van der Waals surface area contributed by atoms with Crippen LogP contribution < -0.4 is 8.92 Å². The van der Waals surface area contributed by atoms with Crippen molar-refractivity contribution in [3.63, 3.8) is 0 Å². The molecule has 0 aliphatic rings. The molecule has 2 aromatic rings. The average molecular weight is 300 g/mol. The average Bonchev–Trinajstić information content (AvgIpc) is 2.41. The number of benzene rings is 2. The minimum absolute atomic E-state index is 0.00841. The molecule has 0 amide bonds. The summed E-state index contributed by atoms with van der Waals surface area (Å²) in [5.41, 5.74) is 0. The van der Waals surface area contributed by atoms with Crippen LogP contribution in [0.1, 0.15) is 0 Å². The summed E-state index contributed by atoms with van der Waals surface area (Å²) in [6, 6.07) is 8.11. The van der Waals surface area contributed by atoms with Gasteiger partial charge in [0.05, 0.1) is 7.11 Å². The van der Waals surface area contributed by atoms with Gasteiger partial charge in [0.1, 0.15) is 16.4 Å². The molecule has 0 fully saturated rings. The van der Waals surface area contributed by atoms with Gasteiger partial charge in [-0.15, -0.1) is 0 Å². The number of rotatable bonds is 4. The monoisotopic (exact) mass is 300 g/mol. The molecule has 0 heterocycles. The standard InChI is InChI=1S/C13H10F2O4S/c1-18-9-3-2-4-10(7-9)19-20(16,17)11-5-6-12(14)13(15)8-11/h2-8H,1H3. The van der Waals surface area contributed by atoms with Gasteiger partial charge < -0.3 is 8.92 Å². The number of hydrogen-bond acceptors (Lipinski definition) is 4. The lowest BCUT2D eigenvalue weighted by molar-refractivity contribution is 0.411. The van der Waals surface area contributed by atoms with E-state index in [0.717, 1.165) is 12.1 Å². The minimum Gasteiger partial charge on any atom is -0.497 e. The number of hydrogen-bond donors (Lipinski definition) is 0. The fraction of sp³-hybridized carbons (Fsp3) is 0.0769. The van der Waals surface area contributed by atoms with Gasteiger partial charge in [-0.25, -0.2) is 8.78 Å². The van der Waals surface area contributed by atoms with Crippen LogP contribution >= 0.6 is 0 Å². The summed E-state index contributed by atoms with van der Waals surface area (Å²) in [7, 11) is -2.82. The van der Waals surface area contributed by atoms with Gasteiger partial charge in [0.2, 0.25) is 0 Å². The Labute approximate surface area is 114 Å². The molecule has 0 bridgehead atoms. The largest absolute Gasteiger partial charge is 0.497 e. The summed E-state index contributed by atoms with van der Waals surface area (Å²) in [6.07, 6.45) is 0. The fourth-order valence-corrected chi connectivity index (χ4v) is 2.40. The quantitative estimate of drug-likeness (QED) is 0.815. The van der Waals surface area contributed by atoms with Crippen LogP contribution in [0.4, 0.5) is 8.78 Å². The molecule has 0 aliphatic heterocycles. The molecule has 2 rings (SSSR count). The van der Waals surface area contributed by atoms with Crippen molar-refractivity contribution in [2.45, 2.75) is 4.90 Å². The molecule has 4 nitrogen and oxygen atoms in total. The number of methoxy groups -OCH3 is 1. The Hall–Kier alpha value is -2.15. The molecule has 0 aliphatic carbocycles. The van der Waals surface area contributed by atoms with Crippen LogP contribution in [0.3, 0.4) is 0 Å². The van der Waals surface area contributed by atoms with Crippen molar-refractivity contribution in [1.82, 2.24) is 0 Å². The van der Waals surface area contributed by atoms with Gasteiger partial charge in [0, 0.05) is 6.07 Å². The molecular formula is C13H10F2O4S. The Morgan fingerprint density at radius 2 is 1.65 bits per heavy atom. The molecule has 0 saturated carbocycles. The van der Waals surface area contributed by atoms with E-state index in [0.29, 0.717) is 11.8 Å². The maximum Gasteiger partial charge on any atom is 0.339 e. The van der Waals surface area contributed by atoms with Crippen molar-refractivity contribution in [2.24, 2.45) is 0 Å². The maximum atomic E-state index is 13.1. The Kier molecular flexibility index (Phi) is 3.89. The molecule has 20 heavy (non-hydrogen) atoms. The van der Waals surface area contributed by atoms with E-state index in [9.17, 15) is 17.2 Å². The zero-order chi connectivity index (χ0) is 14.8. The first kappa shape index (κ1) is 14.3. The van der Waals surface area contributed by atoms with E-state index in [4.69, 9.17) is 8.92 Å². The van der Waals surface area contributed by atoms with Crippen LogP contribution in [-0.2, 0) is 10.1 Å². The second kappa shape index (κ2) is 5.46. The first-order valence-corrected chi connectivity index (χ1v) is 6.87. The second-order valence-electron chi connectivity index (χ2n) is 3.79. The van der Waals surface area contributed by atoms with E-state index >= 15 is 0 Å². The maximum absolute atomic E-state index is 13.1. The summed E-state index contributed by atoms with van der Waals surface area (Å²) >= 11 is 0. The second-order valence-corrected chi connectivity index (χ2v) is 5.34. The SMILES string of the molecule is COc1cccc(OS(=O)(=O)c2ccc(F)c(F)c2)c1. The summed E-state index contributed by atoms with van der Waals surface area (Å²) in [6.45, 7) is 0. The van der Waals surface area contributed by atoms with Crippen LogP contribution in [0.5, 0.6) is 11.5 Å². The van der Waals surface area contributed by atoms with E-state index in [1.165, 1.54) is 25.3 Å². The third-order valence-electron chi connectivity index (χ3n) is 2.43. The smallest absolute Gasteiger partial charge is 0.339 e. The van der Waals surface area contributed by atoms with Crippen LogP contribution in [0.15, 0.2) is 47.4 Å². The van der Waals surface area contributed by atoms with Crippen molar-refractivity contribution < 1.29 is 26.1 Å². The minimum atomic E-state index is -4.24. The van der Waals surface area contributed by atoms with Gasteiger partial charge >= 0.3 is 10.1 Å². The van der Waals surface area contributed by atoms with E-state index in [1.54, 1.807) is 6.07 Å². The highest BCUT2D eigenvalue weighted by Gasteiger charge is 2.19. The molecule has 7 heteroatoms.